The quantitative estimate of drug-likeness (QED) is 0.545. The summed E-state index contributed by atoms with van der Waals surface area (Å²) in [5.74, 6) is -1.01. The van der Waals surface area contributed by atoms with Gasteiger partial charge in [-0.3, -0.25) is 4.79 Å². The lowest BCUT2D eigenvalue weighted by Crippen LogP contribution is -2.23. The predicted octanol–water partition coefficient (Wildman–Crippen LogP) is -0.501. The van der Waals surface area contributed by atoms with Crippen LogP contribution in [0.4, 0.5) is 0 Å². The van der Waals surface area contributed by atoms with Crippen LogP contribution in [0.3, 0.4) is 0 Å². The molecule has 10 heavy (non-hydrogen) atoms. The number of aliphatic hydroxyl groups is 1. The lowest BCUT2D eigenvalue weighted by molar-refractivity contribution is -0.156. The second-order valence-electron chi connectivity index (χ2n) is 1.90. The zero-order valence-electron chi connectivity index (χ0n) is 5.96. The summed E-state index contributed by atoms with van der Waals surface area (Å²) in [5, 5.41) is 8.18. The van der Waals surface area contributed by atoms with Crippen LogP contribution in [0, 0.1) is 0 Å². The van der Waals surface area contributed by atoms with Gasteiger partial charge in [-0.1, -0.05) is 0 Å². The number of aliphatic hydroxyl groups excluding tert-OH is 1. The first-order valence-electron chi connectivity index (χ1n) is 2.88. The molecule has 0 aromatic carbocycles. The minimum absolute atomic E-state index is 0.234. The molecule has 4 heteroatoms. The highest BCUT2D eigenvalue weighted by molar-refractivity contribution is 5.83. The van der Waals surface area contributed by atoms with Crippen molar-refractivity contribution < 1.29 is 19.4 Å². The summed E-state index contributed by atoms with van der Waals surface area (Å²) in [6, 6.07) is 0. The molecule has 4 nitrogen and oxygen atoms in total. The minimum Gasteiger partial charge on any atom is -0.453 e. The normalized spacial score (nSPS) is 12.3. The van der Waals surface area contributed by atoms with E-state index in [-0.39, 0.29) is 5.78 Å². The van der Waals surface area contributed by atoms with Gasteiger partial charge in [-0.25, -0.2) is 4.79 Å². The number of carbonyl (C=O) groups excluding carboxylic acids is 2. The monoisotopic (exact) mass is 146 g/mol. The maximum atomic E-state index is 10.4. The van der Waals surface area contributed by atoms with Crippen LogP contribution in [0.5, 0.6) is 0 Å². The number of ether oxygens (including phenoxy) is 1. The highest BCUT2D eigenvalue weighted by Crippen LogP contribution is 1.91. The molecule has 0 radical (unpaired) electrons. The zero-order valence-corrected chi connectivity index (χ0v) is 5.96. The van der Waals surface area contributed by atoms with Gasteiger partial charge in [-0.05, 0) is 13.8 Å². The van der Waals surface area contributed by atoms with Crippen molar-refractivity contribution in [2.45, 2.75) is 20.0 Å². The molecule has 0 bridgehead atoms. The largest absolute Gasteiger partial charge is 0.453 e. The summed E-state index contributed by atoms with van der Waals surface area (Å²) in [4.78, 5) is 20.7. The van der Waals surface area contributed by atoms with Crippen LogP contribution in [0.25, 0.3) is 0 Å². The van der Waals surface area contributed by atoms with Crippen molar-refractivity contribution in [3.05, 3.63) is 0 Å². The van der Waals surface area contributed by atoms with E-state index >= 15 is 0 Å². The van der Waals surface area contributed by atoms with E-state index in [0.717, 1.165) is 0 Å². The lowest BCUT2D eigenvalue weighted by atomic mass is 10.3. The Morgan fingerprint density at radius 3 is 2.40 bits per heavy atom. The minimum atomic E-state index is -0.775. The van der Waals surface area contributed by atoms with Gasteiger partial charge in [-0.2, -0.15) is 0 Å². The molecule has 0 spiro atoms. The Morgan fingerprint density at radius 2 is 2.10 bits per heavy atom. The maximum Gasteiger partial charge on any atom is 0.332 e. The van der Waals surface area contributed by atoms with Gasteiger partial charge in [-0.15, -0.1) is 0 Å². The third-order valence-corrected chi connectivity index (χ3v) is 1.01. The van der Waals surface area contributed by atoms with Crippen LogP contribution >= 0.6 is 0 Å². The van der Waals surface area contributed by atoms with Gasteiger partial charge >= 0.3 is 5.97 Å². The molecule has 0 aromatic heterocycles. The van der Waals surface area contributed by atoms with Crippen LogP contribution in [0.1, 0.15) is 13.8 Å². The molecule has 0 rings (SSSR count). The van der Waals surface area contributed by atoms with E-state index < -0.39 is 18.7 Å². The van der Waals surface area contributed by atoms with Gasteiger partial charge in [0.25, 0.3) is 0 Å². The van der Waals surface area contributed by atoms with Crippen molar-refractivity contribution in [3.8, 4) is 0 Å². The summed E-state index contributed by atoms with van der Waals surface area (Å²) >= 11 is 0. The van der Waals surface area contributed by atoms with Crippen molar-refractivity contribution in [1.82, 2.24) is 0 Å². The van der Waals surface area contributed by atoms with Crippen molar-refractivity contribution >= 4 is 11.8 Å². The number of hydrogen-bond donors (Lipinski definition) is 1. The number of rotatable bonds is 3. The number of Topliss-reactive ketones (excluding diaryl/α,β-unsaturated/α-hetero) is 1. The van der Waals surface area contributed by atoms with E-state index in [2.05, 4.69) is 4.74 Å². The fraction of sp³-hybridized carbons (Fsp3) is 0.667. The third-order valence-electron chi connectivity index (χ3n) is 1.01. The Morgan fingerprint density at radius 1 is 1.60 bits per heavy atom. The molecule has 1 N–H and O–H groups in total. The second kappa shape index (κ2) is 4.00. The summed E-state index contributed by atoms with van der Waals surface area (Å²) in [6.07, 6.45) is -0.750. The molecule has 1 atom stereocenters. The molecular weight excluding hydrogens is 136 g/mol. The van der Waals surface area contributed by atoms with E-state index in [1.54, 1.807) is 0 Å². The summed E-state index contributed by atoms with van der Waals surface area (Å²) in [6.45, 7) is 2.09. The van der Waals surface area contributed by atoms with E-state index in [4.69, 9.17) is 5.11 Å². The Balaban J connectivity index is 3.68. The molecule has 0 amide bonds. The first-order valence-corrected chi connectivity index (χ1v) is 2.88. The van der Waals surface area contributed by atoms with Crippen molar-refractivity contribution in [3.63, 3.8) is 0 Å². The number of hydrogen-bond acceptors (Lipinski definition) is 4. The highest BCUT2D eigenvalue weighted by atomic mass is 16.6. The Kier molecular flexibility index (Phi) is 3.64. The molecule has 0 aromatic rings. The Hall–Kier alpha value is -0.900. The molecule has 0 fully saturated rings. The van der Waals surface area contributed by atoms with Gasteiger partial charge < -0.3 is 9.84 Å². The van der Waals surface area contributed by atoms with Gasteiger partial charge in [0.1, 0.15) is 6.61 Å². The topological polar surface area (TPSA) is 63.6 Å². The molecule has 0 heterocycles. The van der Waals surface area contributed by atoms with E-state index in [0.29, 0.717) is 0 Å². The lowest BCUT2D eigenvalue weighted by Gasteiger charge is -2.07. The van der Waals surface area contributed by atoms with Crippen LogP contribution in [-0.4, -0.2) is 29.6 Å². The summed E-state index contributed by atoms with van der Waals surface area (Å²) in [7, 11) is 0. The van der Waals surface area contributed by atoms with Gasteiger partial charge in [0.15, 0.2) is 11.9 Å². The highest BCUT2D eigenvalue weighted by Gasteiger charge is 2.11. The number of ketones is 1. The first kappa shape index (κ1) is 9.10. The predicted molar refractivity (Wildman–Crippen MR) is 33.3 cm³/mol. The van der Waals surface area contributed by atoms with Crippen LogP contribution in [0.2, 0.25) is 0 Å². The fourth-order valence-electron chi connectivity index (χ4n) is 0.317. The smallest absolute Gasteiger partial charge is 0.332 e. The summed E-state index contributed by atoms with van der Waals surface area (Å²) < 4.78 is 4.42. The second-order valence-corrected chi connectivity index (χ2v) is 1.90. The molecule has 0 aliphatic heterocycles. The molecule has 0 saturated carbocycles. The number of carbonyl (C=O) groups is 2. The number of esters is 1. The average Bonchev–Trinajstić information content (AvgIpc) is 1.87. The first-order chi connectivity index (χ1) is 4.57. The molecule has 0 unspecified atom stereocenters. The van der Waals surface area contributed by atoms with E-state index in [9.17, 15) is 9.59 Å². The van der Waals surface area contributed by atoms with Gasteiger partial charge in [0.05, 0.1) is 0 Å². The van der Waals surface area contributed by atoms with Crippen LogP contribution in [0.15, 0.2) is 0 Å². The van der Waals surface area contributed by atoms with E-state index in [1.165, 1.54) is 13.8 Å². The average molecular weight is 146 g/mol. The SMILES string of the molecule is CC(=O)[C@H](C)OC(=O)CO. The zero-order chi connectivity index (χ0) is 8.15. The van der Waals surface area contributed by atoms with Gasteiger partial charge in [0.2, 0.25) is 0 Å². The molecule has 0 aliphatic rings. The Labute approximate surface area is 58.8 Å². The van der Waals surface area contributed by atoms with Crippen LogP contribution < -0.4 is 0 Å². The third kappa shape index (κ3) is 3.19. The van der Waals surface area contributed by atoms with E-state index in [1.807, 2.05) is 0 Å². The summed E-state index contributed by atoms with van der Waals surface area (Å²) in [5.41, 5.74) is 0. The molecule has 0 aliphatic carbocycles. The standard InChI is InChI=1S/C6H10O4/c1-4(8)5(2)10-6(9)3-7/h5,7H,3H2,1-2H3/t5-/m0/s1. The van der Waals surface area contributed by atoms with Crippen LogP contribution in [-0.2, 0) is 14.3 Å². The maximum absolute atomic E-state index is 10.4. The van der Waals surface area contributed by atoms with Crippen molar-refractivity contribution in [2.24, 2.45) is 0 Å². The molecule has 0 saturated heterocycles. The van der Waals surface area contributed by atoms with Gasteiger partial charge in [0, 0.05) is 0 Å². The Bertz CT molecular complexity index is 141. The van der Waals surface area contributed by atoms with Crippen molar-refractivity contribution in [2.75, 3.05) is 6.61 Å². The fourth-order valence-corrected chi connectivity index (χ4v) is 0.317. The molecular formula is C6H10O4. The molecule has 58 valence electrons. The van der Waals surface area contributed by atoms with Crippen molar-refractivity contribution in [1.29, 1.82) is 0 Å².